The van der Waals surface area contributed by atoms with Gasteiger partial charge in [0.15, 0.2) is 0 Å². The molecule has 0 radical (unpaired) electrons. The van der Waals surface area contributed by atoms with Crippen molar-refractivity contribution >= 4 is 11.9 Å². The van der Waals surface area contributed by atoms with Crippen LogP contribution in [0.5, 0.6) is 5.75 Å². The van der Waals surface area contributed by atoms with Crippen LogP contribution in [0, 0.1) is 0 Å². The van der Waals surface area contributed by atoms with Crippen molar-refractivity contribution in [2.24, 2.45) is 0 Å². The Morgan fingerprint density at radius 2 is 1.92 bits per heavy atom. The SMILES string of the molecule is CC(C)Oc1ccccc1CC(=O)N1CCc2ccc(C(=O)O)cc2C1. The first-order chi connectivity index (χ1) is 12.4. The van der Waals surface area contributed by atoms with Crippen LogP contribution in [0.15, 0.2) is 42.5 Å². The summed E-state index contributed by atoms with van der Waals surface area (Å²) in [6.45, 7) is 5.01. The predicted octanol–water partition coefficient (Wildman–Crippen LogP) is 3.30. The average Bonchev–Trinajstić information content (AvgIpc) is 2.61. The zero-order chi connectivity index (χ0) is 18.7. The van der Waals surface area contributed by atoms with Crippen molar-refractivity contribution in [3.8, 4) is 5.75 Å². The molecule has 2 aromatic carbocycles. The van der Waals surface area contributed by atoms with Crippen molar-refractivity contribution in [2.45, 2.75) is 39.3 Å². The molecule has 0 aromatic heterocycles. The summed E-state index contributed by atoms with van der Waals surface area (Å²) in [6.07, 6.45) is 1.06. The molecule has 0 aliphatic carbocycles. The van der Waals surface area contributed by atoms with Gasteiger partial charge in [0.1, 0.15) is 5.75 Å². The zero-order valence-electron chi connectivity index (χ0n) is 15.1. The first kappa shape index (κ1) is 18.0. The van der Waals surface area contributed by atoms with Crippen LogP contribution in [0.4, 0.5) is 0 Å². The molecule has 5 nitrogen and oxygen atoms in total. The minimum absolute atomic E-state index is 0.0242. The Bertz CT molecular complexity index is 829. The van der Waals surface area contributed by atoms with Gasteiger partial charge < -0.3 is 14.7 Å². The Hall–Kier alpha value is -2.82. The second-order valence-electron chi connectivity index (χ2n) is 6.81. The minimum atomic E-state index is -0.948. The van der Waals surface area contributed by atoms with Crippen molar-refractivity contribution < 1.29 is 19.4 Å². The zero-order valence-corrected chi connectivity index (χ0v) is 15.1. The van der Waals surface area contributed by atoms with E-state index < -0.39 is 5.97 Å². The highest BCUT2D eigenvalue weighted by Gasteiger charge is 2.22. The van der Waals surface area contributed by atoms with Crippen molar-refractivity contribution in [1.82, 2.24) is 4.90 Å². The molecule has 1 aliphatic heterocycles. The summed E-state index contributed by atoms with van der Waals surface area (Å²) >= 11 is 0. The van der Waals surface area contributed by atoms with Crippen LogP contribution in [-0.2, 0) is 24.2 Å². The van der Waals surface area contributed by atoms with E-state index in [9.17, 15) is 9.59 Å². The predicted molar refractivity (Wildman–Crippen MR) is 98.4 cm³/mol. The fraction of sp³-hybridized carbons (Fsp3) is 0.333. The van der Waals surface area contributed by atoms with Gasteiger partial charge in [-0.3, -0.25) is 4.79 Å². The van der Waals surface area contributed by atoms with Gasteiger partial charge in [-0.2, -0.15) is 0 Å². The monoisotopic (exact) mass is 353 g/mol. The van der Waals surface area contributed by atoms with Crippen LogP contribution in [0.2, 0.25) is 0 Å². The van der Waals surface area contributed by atoms with Gasteiger partial charge in [-0.15, -0.1) is 0 Å². The van der Waals surface area contributed by atoms with Gasteiger partial charge in [0, 0.05) is 18.7 Å². The molecule has 2 aromatic rings. The number of nitrogens with zero attached hydrogens (tertiary/aromatic N) is 1. The molecule has 0 bridgehead atoms. The Balaban J connectivity index is 1.74. The molecule has 0 saturated heterocycles. The Morgan fingerprint density at radius 3 is 2.65 bits per heavy atom. The molecule has 1 amide bonds. The maximum absolute atomic E-state index is 12.8. The standard InChI is InChI=1S/C21H23NO4/c1-14(2)26-19-6-4-3-5-16(19)12-20(23)22-10-9-15-7-8-17(21(24)25)11-18(15)13-22/h3-8,11,14H,9-10,12-13H2,1-2H3,(H,24,25). The van der Waals surface area contributed by atoms with Gasteiger partial charge in [0.25, 0.3) is 0 Å². The Labute approximate surface area is 153 Å². The van der Waals surface area contributed by atoms with Crippen LogP contribution < -0.4 is 4.74 Å². The molecule has 0 unspecified atom stereocenters. The van der Waals surface area contributed by atoms with E-state index in [4.69, 9.17) is 9.84 Å². The quantitative estimate of drug-likeness (QED) is 0.896. The number of carbonyl (C=O) groups is 2. The number of amides is 1. The number of carbonyl (C=O) groups excluding carboxylic acids is 1. The maximum Gasteiger partial charge on any atom is 0.335 e. The third kappa shape index (κ3) is 4.04. The molecule has 1 heterocycles. The second kappa shape index (κ2) is 7.60. The number of benzene rings is 2. The van der Waals surface area contributed by atoms with Crippen LogP contribution in [-0.4, -0.2) is 34.5 Å². The number of hydrogen-bond acceptors (Lipinski definition) is 3. The van der Waals surface area contributed by atoms with Crippen molar-refractivity contribution in [3.05, 3.63) is 64.7 Å². The van der Waals surface area contributed by atoms with Crippen molar-refractivity contribution in [3.63, 3.8) is 0 Å². The summed E-state index contributed by atoms with van der Waals surface area (Å²) in [4.78, 5) is 25.8. The van der Waals surface area contributed by atoms with E-state index in [1.807, 2.05) is 44.2 Å². The molecule has 0 atom stereocenters. The second-order valence-corrected chi connectivity index (χ2v) is 6.81. The molecule has 1 N–H and O–H groups in total. The van der Waals surface area contributed by atoms with Gasteiger partial charge >= 0.3 is 5.97 Å². The summed E-state index contributed by atoms with van der Waals surface area (Å²) in [7, 11) is 0. The molecule has 26 heavy (non-hydrogen) atoms. The lowest BCUT2D eigenvalue weighted by Gasteiger charge is -2.29. The van der Waals surface area contributed by atoms with Gasteiger partial charge in [0.05, 0.1) is 18.1 Å². The lowest BCUT2D eigenvalue weighted by atomic mass is 9.97. The van der Waals surface area contributed by atoms with Crippen LogP contribution in [0.3, 0.4) is 0 Å². The summed E-state index contributed by atoms with van der Waals surface area (Å²) in [5, 5.41) is 9.16. The van der Waals surface area contributed by atoms with Crippen LogP contribution >= 0.6 is 0 Å². The number of aromatic carboxylic acids is 1. The summed E-state index contributed by atoms with van der Waals surface area (Å²) in [5.41, 5.74) is 3.16. The van der Waals surface area contributed by atoms with Gasteiger partial charge in [-0.1, -0.05) is 24.3 Å². The summed E-state index contributed by atoms with van der Waals surface area (Å²) in [5.74, 6) is -0.186. The number of para-hydroxylation sites is 1. The van der Waals surface area contributed by atoms with E-state index in [-0.39, 0.29) is 24.0 Å². The minimum Gasteiger partial charge on any atom is -0.491 e. The largest absolute Gasteiger partial charge is 0.491 e. The maximum atomic E-state index is 12.8. The molecule has 0 fully saturated rings. The molecular formula is C21H23NO4. The normalized spacial score (nSPS) is 13.4. The van der Waals surface area contributed by atoms with E-state index >= 15 is 0 Å². The van der Waals surface area contributed by atoms with E-state index in [1.165, 1.54) is 0 Å². The fourth-order valence-electron chi connectivity index (χ4n) is 3.20. The van der Waals surface area contributed by atoms with E-state index in [2.05, 4.69) is 0 Å². The highest BCUT2D eigenvalue weighted by molar-refractivity contribution is 5.88. The third-order valence-corrected chi connectivity index (χ3v) is 4.50. The molecule has 0 saturated carbocycles. The lowest BCUT2D eigenvalue weighted by molar-refractivity contribution is -0.131. The number of fused-ring (bicyclic) bond motifs is 1. The topological polar surface area (TPSA) is 66.8 Å². The molecule has 3 rings (SSSR count). The lowest BCUT2D eigenvalue weighted by Crippen LogP contribution is -2.37. The highest BCUT2D eigenvalue weighted by Crippen LogP contribution is 2.24. The van der Waals surface area contributed by atoms with E-state index in [0.29, 0.717) is 13.1 Å². The Kier molecular flexibility index (Phi) is 5.26. The van der Waals surface area contributed by atoms with E-state index in [0.717, 1.165) is 28.9 Å². The van der Waals surface area contributed by atoms with Crippen LogP contribution in [0.25, 0.3) is 0 Å². The van der Waals surface area contributed by atoms with E-state index in [1.54, 1.807) is 17.0 Å². The van der Waals surface area contributed by atoms with Crippen LogP contribution in [0.1, 0.15) is 40.9 Å². The number of carboxylic acids is 1. The number of carboxylic acid groups (broad SMARTS) is 1. The fourth-order valence-corrected chi connectivity index (χ4v) is 3.20. The number of ether oxygens (including phenoxy) is 1. The van der Waals surface area contributed by atoms with Crippen molar-refractivity contribution in [2.75, 3.05) is 6.54 Å². The first-order valence-corrected chi connectivity index (χ1v) is 8.81. The molecule has 5 heteroatoms. The summed E-state index contributed by atoms with van der Waals surface area (Å²) in [6, 6.07) is 12.7. The molecule has 136 valence electrons. The molecule has 0 spiro atoms. The van der Waals surface area contributed by atoms with Gasteiger partial charge in [0.2, 0.25) is 5.91 Å². The first-order valence-electron chi connectivity index (χ1n) is 8.81. The third-order valence-electron chi connectivity index (χ3n) is 4.50. The number of rotatable bonds is 5. The summed E-state index contributed by atoms with van der Waals surface area (Å²) < 4.78 is 5.80. The van der Waals surface area contributed by atoms with Gasteiger partial charge in [-0.25, -0.2) is 4.79 Å². The average molecular weight is 353 g/mol. The molecule has 1 aliphatic rings. The van der Waals surface area contributed by atoms with Gasteiger partial charge in [-0.05, 0) is 49.6 Å². The molecular weight excluding hydrogens is 330 g/mol. The smallest absolute Gasteiger partial charge is 0.335 e. The highest BCUT2D eigenvalue weighted by atomic mass is 16.5. The number of hydrogen-bond donors (Lipinski definition) is 1. The van der Waals surface area contributed by atoms with Crippen molar-refractivity contribution in [1.29, 1.82) is 0 Å². The Morgan fingerprint density at radius 1 is 1.15 bits per heavy atom.